The van der Waals surface area contributed by atoms with E-state index in [0.717, 1.165) is 45.3 Å². The van der Waals surface area contributed by atoms with E-state index in [1.165, 1.54) is 5.56 Å². The Morgan fingerprint density at radius 2 is 1.52 bits per heavy atom. The fraction of sp³-hybridized carbons (Fsp3) is 0.0769. The first-order chi connectivity index (χ1) is 16.2. The van der Waals surface area contributed by atoms with Gasteiger partial charge in [0, 0.05) is 48.2 Å². The molecule has 0 aliphatic carbocycles. The van der Waals surface area contributed by atoms with Crippen molar-refractivity contribution in [2.45, 2.75) is 13.1 Å². The van der Waals surface area contributed by atoms with Gasteiger partial charge in [-0.05, 0) is 52.6 Å². The Morgan fingerprint density at radius 1 is 0.727 bits per heavy atom. The number of hydrogen-bond donors (Lipinski definition) is 3. The summed E-state index contributed by atoms with van der Waals surface area (Å²) in [4.78, 5) is 21.9. The maximum Gasteiger partial charge on any atom is 0.276 e. The fourth-order valence-corrected chi connectivity index (χ4v) is 4.18. The van der Waals surface area contributed by atoms with Gasteiger partial charge >= 0.3 is 0 Å². The minimum absolute atomic E-state index is 0.289. The molecule has 4 heterocycles. The van der Waals surface area contributed by atoms with Crippen LogP contribution >= 0.6 is 0 Å². The summed E-state index contributed by atoms with van der Waals surface area (Å²) in [5.41, 5.74) is 7.95. The molecule has 7 heteroatoms. The molecule has 7 nitrogen and oxygen atoms in total. The van der Waals surface area contributed by atoms with Gasteiger partial charge in [-0.25, -0.2) is 0 Å². The predicted octanol–water partition coefficient (Wildman–Crippen LogP) is 4.54. The zero-order chi connectivity index (χ0) is 22.2. The largest absolute Gasteiger partial charge is 0.319 e. The van der Waals surface area contributed by atoms with Gasteiger partial charge in [0.25, 0.3) is 5.91 Å². The van der Waals surface area contributed by atoms with Gasteiger partial charge in [0.1, 0.15) is 0 Å². The summed E-state index contributed by atoms with van der Waals surface area (Å²) in [6.45, 7) is 1.43. The van der Waals surface area contributed by atoms with Crippen LogP contribution in [0.25, 0.3) is 33.2 Å². The molecule has 33 heavy (non-hydrogen) atoms. The minimum atomic E-state index is -0.289. The number of carbonyl (C=O) groups is 1. The van der Waals surface area contributed by atoms with Crippen LogP contribution in [-0.2, 0) is 13.1 Å². The molecule has 3 N–H and O–H groups in total. The zero-order valence-corrected chi connectivity index (χ0v) is 17.7. The highest BCUT2D eigenvalue weighted by Gasteiger charge is 2.16. The molecule has 0 saturated heterocycles. The molecule has 5 aromatic rings. The van der Waals surface area contributed by atoms with E-state index in [9.17, 15) is 4.79 Å². The summed E-state index contributed by atoms with van der Waals surface area (Å²) in [7, 11) is 0. The molecule has 6 rings (SSSR count). The number of carbonyl (C=O) groups excluding carboxylic acids is 1. The van der Waals surface area contributed by atoms with Crippen molar-refractivity contribution < 1.29 is 4.79 Å². The Hall–Kier alpha value is -4.36. The summed E-state index contributed by atoms with van der Waals surface area (Å²) in [6.07, 6.45) is 7.15. The molecule has 0 unspecified atom stereocenters. The normalized spacial score (nSPS) is 13.4. The maximum atomic E-state index is 13.1. The number of H-pyrrole nitrogens is 1. The van der Waals surface area contributed by atoms with Crippen LogP contribution in [0.1, 0.15) is 21.6 Å². The highest BCUT2D eigenvalue weighted by Crippen LogP contribution is 2.27. The molecule has 0 saturated carbocycles. The number of anilines is 1. The Balaban J connectivity index is 1.49. The molecule has 0 atom stereocenters. The van der Waals surface area contributed by atoms with Crippen LogP contribution in [0.5, 0.6) is 0 Å². The molecule has 8 bridgehead atoms. The number of aromatic nitrogens is 4. The van der Waals surface area contributed by atoms with Crippen LogP contribution in [0.4, 0.5) is 5.69 Å². The number of hydrogen-bond acceptors (Lipinski definition) is 5. The molecule has 2 aromatic carbocycles. The topological polar surface area (TPSA) is 95.6 Å². The van der Waals surface area contributed by atoms with Crippen molar-refractivity contribution in [2.24, 2.45) is 0 Å². The Labute approximate surface area is 189 Å². The summed E-state index contributed by atoms with van der Waals surface area (Å²) < 4.78 is 0. The molecule has 1 aliphatic heterocycles. The highest BCUT2D eigenvalue weighted by atomic mass is 16.1. The third-order valence-corrected chi connectivity index (χ3v) is 5.82. The lowest BCUT2D eigenvalue weighted by molar-refractivity contribution is 0.102. The van der Waals surface area contributed by atoms with Crippen molar-refractivity contribution >= 4 is 22.5 Å². The van der Waals surface area contributed by atoms with Crippen LogP contribution in [0.3, 0.4) is 0 Å². The van der Waals surface area contributed by atoms with Crippen LogP contribution in [0.2, 0.25) is 0 Å². The van der Waals surface area contributed by atoms with Crippen LogP contribution in [0, 0.1) is 0 Å². The van der Waals surface area contributed by atoms with E-state index in [0.29, 0.717) is 17.9 Å². The number of aromatic amines is 1. The SMILES string of the molecule is O=C1Nc2cncc(c2)-c2cccc(c2)CNCc2cncc(c2)-c2ccc3[nH]nc1c3c2. The molecule has 0 spiro atoms. The highest BCUT2D eigenvalue weighted by molar-refractivity contribution is 6.11. The Bertz CT molecular complexity index is 1510. The summed E-state index contributed by atoms with van der Waals surface area (Å²) in [6, 6.07) is 18.3. The minimum Gasteiger partial charge on any atom is -0.319 e. The standard InChI is InChI=1S/C26H20N6O/c33-26-25-23-9-19(4-5-24(23)31-32-25)20-7-17(12-28-13-20)11-27-10-16-2-1-3-18(6-16)21-8-22(30-26)15-29-14-21/h1-9,12-15,27H,10-11H2,(H,30,33)(H,31,32). The first kappa shape index (κ1) is 19.3. The van der Waals surface area contributed by atoms with Crippen LogP contribution in [-0.4, -0.2) is 26.1 Å². The molecular formula is C26H20N6O. The van der Waals surface area contributed by atoms with Crippen molar-refractivity contribution in [3.05, 3.63) is 96.2 Å². The molecular weight excluding hydrogens is 412 g/mol. The second-order valence-corrected chi connectivity index (χ2v) is 8.13. The smallest absolute Gasteiger partial charge is 0.276 e. The van der Waals surface area contributed by atoms with Crippen molar-refractivity contribution in [1.29, 1.82) is 0 Å². The quantitative estimate of drug-likeness (QED) is 0.334. The first-order valence-corrected chi connectivity index (χ1v) is 10.7. The number of rotatable bonds is 0. The predicted molar refractivity (Wildman–Crippen MR) is 127 cm³/mol. The molecule has 1 amide bonds. The van der Waals surface area contributed by atoms with Crippen molar-refractivity contribution in [2.75, 3.05) is 5.32 Å². The third-order valence-electron chi connectivity index (χ3n) is 5.82. The summed E-state index contributed by atoms with van der Waals surface area (Å²) >= 11 is 0. The number of nitrogens with zero attached hydrogens (tertiary/aromatic N) is 3. The average molecular weight is 432 g/mol. The van der Waals surface area contributed by atoms with Gasteiger partial charge in [-0.1, -0.05) is 24.3 Å². The van der Waals surface area contributed by atoms with E-state index in [1.807, 2.05) is 48.8 Å². The van der Waals surface area contributed by atoms with Crippen LogP contribution in [0.15, 0.2) is 79.4 Å². The van der Waals surface area contributed by atoms with Gasteiger partial charge in [-0.2, -0.15) is 5.10 Å². The third kappa shape index (κ3) is 3.75. The molecule has 1 aliphatic rings. The lowest BCUT2D eigenvalue weighted by Gasteiger charge is -2.10. The van der Waals surface area contributed by atoms with Crippen molar-refractivity contribution in [3.8, 4) is 22.3 Å². The van der Waals surface area contributed by atoms with Crippen molar-refractivity contribution in [3.63, 3.8) is 0 Å². The number of amides is 1. The van der Waals surface area contributed by atoms with E-state index in [1.54, 1.807) is 12.4 Å². The van der Waals surface area contributed by atoms with E-state index < -0.39 is 0 Å². The first-order valence-electron chi connectivity index (χ1n) is 10.7. The average Bonchev–Trinajstić information content (AvgIpc) is 3.28. The lowest BCUT2D eigenvalue weighted by atomic mass is 10.0. The van der Waals surface area contributed by atoms with E-state index >= 15 is 0 Å². The van der Waals surface area contributed by atoms with Gasteiger partial charge in [0.05, 0.1) is 17.4 Å². The van der Waals surface area contributed by atoms with Gasteiger partial charge < -0.3 is 10.6 Å². The second-order valence-electron chi connectivity index (χ2n) is 8.13. The van der Waals surface area contributed by atoms with Crippen LogP contribution < -0.4 is 10.6 Å². The number of fused-ring (bicyclic) bond motifs is 9. The van der Waals surface area contributed by atoms with Gasteiger partial charge in [0.2, 0.25) is 0 Å². The Kier molecular flexibility index (Phi) is 4.66. The Morgan fingerprint density at radius 3 is 2.45 bits per heavy atom. The van der Waals surface area contributed by atoms with Gasteiger partial charge in [-0.15, -0.1) is 0 Å². The number of pyridine rings is 2. The molecule has 3 aromatic heterocycles. The molecule has 160 valence electrons. The summed E-state index contributed by atoms with van der Waals surface area (Å²) in [5.74, 6) is -0.289. The van der Waals surface area contributed by atoms with E-state index in [4.69, 9.17) is 0 Å². The molecule has 0 fully saturated rings. The van der Waals surface area contributed by atoms with E-state index in [-0.39, 0.29) is 5.91 Å². The van der Waals surface area contributed by atoms with Crippen molar-refractivity contribution in [1.82, 2.24) is 25.5 Å². The monoisotopic (exact) mass is 432 g/mol. The lowest BCUT2D eigenvalue weighted by Crippen LogP contribution is -2.13. The number of nitrogens with one attached hydrogen (secondary N) is 3. The maximum absolute atomic E-state index is 13.1. The number of benzene rings is 2. The van der Waals surface area contributed by atoms with Gasteiger partial charge in [-0.3, -0.25) is 19.9 Å². The summed E-state index contributed by atoms with van der Waals surface area (Å²) in [5, 5.41) is 14.4. The van der Waals surface area contributed by atoms with Gasteiger partial charge in [0.15, 0.2) is 5.69 Å². The second kappa shape index (κ2) is 7.96. The fourth-order valence-electron chi connectivity index (χ4n) is 4.18. The van der Waals surface area contributed by atoms with E-state index in [2.05, 4.69) is 49.0 Å². The zero-order valence-electron chi connectivity index (χ0n) is 17.7. The molecule has 0 radical (unpaired) electrons.